The number of carbonyl (C=O) groups excluding carboxylic acids is 1. The van der Waals surface area contributed by atoms with Crippen LogP contribution >= 0.6 is 47.0 Å². The number of ether oxygens (including phenoxy) is 1. The number of hydrogen-bond donors (Lipinski definition) is 2. The highest BCUT2D eigenvalue weighted by atomic mass is 35.6. The smallest absolute Gasteiger partial charge is 0.259 e. The number of nitrogens with zero attached hydrogens (tertiary/aromatic N) is 2. The number of thiocarbonyl (C=S) groups is 1. The van der Waals surface area contributed by atoms with Crippen LogP contribution in [0.5, 0.6) is 5.75 Å². The van der Waals surface area contributed by atoms with E-state index >= 15 is 0 Å². The molecule has 3 heterocycles. The minimum atomic E-state index is -1.85. The predicted octanol–water partition coefficient (Wildman–Crippen LogP) is 3.34. The lowest BCUT2D eigenvalue weighted by Crippen LogP contribution is -2.60. The summed E-state index contributed by atoms with van der Waals surface area (Å²) in [6.07, 6.45) is -0.0710. The van der Waals surface area contributed by atoms with Crippen LogP contribution in [0.1, 0.15) is 23.6 Å². The van der Waals surface area contributed by atoms with E-state index in [2.05, 4.69) is 10.6 Å². The second-order valence-corrected chi connectivity index (χ2v) is 11.4. The molecule has 11 heteroatoms. The molecule has 2 aromatic rings. The lowest BCUT2D eigenvalue weighted by Gasteiger charge is -2.44. The average molecular weight is 544 g/mol. The van der Waals surface area contributed by atoms with Crippen molar-refractivity contribution in [3.05, 3.63) is 64.1 Å². The Morgan fingerprint density at radius 1 is 1.15 bits per heavy atom. The molecule has 1 amide bonds. The second-order valence-electron chi connectivity index (χ2n) is 8.65. The molecule has 34 heavy (non-hydrogen) atoms. The molecule has 1 aromatic carbocycles. The Balaban J connectivity index is 1.39. The molecule has 7 nitrogen and oxygen atoms in total. The summed E-state index contributed by atoms with van der Waals surface area (Å²) in [7, 11) is 0. The number of benzene rings is 1. The highest BCUT2D eigenvalue weighted by Crippen LogP contribution is 2.35. The van der Waals surface area contributed by atoms with Gasteiger partial charge in [0, 0.05) is 37.3 Å². The monoisotopic (exact) mass is 542 g/mol. The van der Waals surface area contributed by atoms with Gasteiger partial charge in [0.05, 0.1) is 0 Å². The fraction of sp³-hybridized carbons (Fsp3) is 0.435. The highest BCUT2D eigenvalue weighted by molar-refractivity contribution is 7.80. The van der Waals surface area contributed by atoms with E-state index in [1.54, 1.807) is 18.2 Å². The largest absolute Gasteiger partial charge is 0.484 e. The number of likely N-dealkylation sites (tertiary alicyclic amines) is 1. The number of hydrogen-bond acceptors (Lipinski definition) is 4. The van der Waals surface area contributed by atoms with Gasteiger partial charge >= 0.3 is 0 Å². The van der Waals surface area contributed by atoms with Crippen molar-refractivity contribution in [2.24, 2.45) is 5.92 Å². The first kappa shape index (κ1) is 25.1. The van der Waals surface area contributed by atoms with Crippen LogP contribution in [-0.4, -0.2) is 50.1 Å². The maximum absolute atomic E-state index is 12.5. The molecule has 4 rings (SSSR count). The average Bonchev–Trinajstić information content (AvgIpc) is 2.78. The molecule has 2 N–H and O–H groups in total. The van der Waals surface area contributed by atoms with E-state index in [0.29, 0.717) is 30.5 Å². The number of rotatable bonds is 5. The number of piperidine rings is 1. The van der Waals surface area contributed by atoms with Crippen LogP contribution in [0.3, 0.4) is 0 Å². The number of para-hydroxylation sites is 1. The van der Waals surface area contributed by atoms with Crippen molar-refractivity contribution < 1.29 is 9.53 Å². The van der Waals surface area contributed by atoms with Gasteiger partial charge in [0.2, 0.25) is 3.79 Å². The van der Waals surface area contributed by atoms with E-state index in [9.17, 15) is 9.59 Å². The van der Waals surface area contributed by atoms with Gasteiger partial charge in [0.15, 0.2) is 11.7 Å². The number of aryl methyl sites for hydroxylation is 1. The zero-order chi connectivity index (χ0) is 24.5. The SMILES string of the molecule is Cc1ccccc1OCC(=O)NC(NC(=S)N1CC2CC(C1)c1cccc(=O)n1C2)C(Cl)(Cl)Cl. The van der Waals surface area contributed by atoms with E-state index in [0.717, 1.165) is 17.7 Å². The summed E-state index contributed by atoms with van der Waals surface area (Å²) in [5.74, 6) is 0.586. The normalized spacial score (nSPS) is 20.2. The Bertz CT molecular complexity index is 1140. The number of carbonyl (C=O) groups is 1. The first-order chi connectivity index (χ1) is 16.1. The summed E-state index contributed by atoms with van der Waals surface area (Å²) >= 11 is 24.1. The predicted molar refractivity (Wildman–Crippen MR) is 138 cm³/mol. The molecule has 1 aromatic heterocycles. The number of alkyl halides is 3. The van der Waals surface area contributed by atoms with Crippen molar-refractivity contribution in [2.45, 2.75) is 35.8 Å². The number of halogens is 3. The molecule has 0 spiro atoms. The van der Waals surface area contributed by atoms with Crippen LogP contribution in [0.2, 0.25) is 0 Å². The van der Waals surface area contributed by atoms with E-state index < -0.39 is 15.9 Å². The molecule has 1 saturated heterocycles. The van der Waals surface area contributed by atoms with Gasteiger partial charge in [-0.25, -0.2) is 0 Å². The van der Waals surface area contributed by atoms with Crippen LogP contribution < -0.4 is 20.9 Å². The Morgan fingerprint density at radius 3 is 2.65 bits per heavy atom. The fourth-order valence-electron chi connectivity index (χ4n) is 4.54. The zero-order valence-corrected chi connectivity index (χ0v) is 21.6. The van der Waals surface area contributed by atoms with Crippen molar-refractivity contribution in [1.29, 1.82) is 0 Å². The van der Waals surface area contributed by atoms with Gasteiger partial charge in [-0.05, 0) is 49.2 Å². The topological polar surface area (TPSA) is 75.6 Å². The van der Waals surface area contributed by atoms with Gasteiger partial charge in [0.25, 0.3) is 11.5 Å². The van der Waals surface area contributed by atoms with Crippen molar-refractivity contribution in [3.8, 4) is 5.75 Å². The van der Waals surface area contributed by atoms with Gasteiger partial charge in [-0.2, -0.15) is 0 Å². The second kappa shape index (κ2) is 10.3. The lowest BCUT2D eigenvalue weighted by molar-refractivity contribution is -0.123. The maximum Gasteiger partial charge on any atom is 0.259 e. The van der Waals surface area contributed by atoms with Gasteiger partial charge in [0.1, 0.15) is 11.9 Å². The Hall–Kier alpha value is -2.00. The molecule has 2 aliphatic heterocycles. The quantitative estimate of drug-likeness (QED) is 0.342. The van der Waals surface area contributed by atoms with Crippen LogP contribution in [-0.2, 0) is 11.3 Å². The zero-order valence-electron chi connectivity index (χ0n) is 18.5. The van der Waals surface area contributed by atoms with Gasteiger partial charge < -0.3 is 24.8 Å². The fourth-order valence-corrected chi connectivity index (χ4v) is 5.14. The van der Waals surface area contributed by atoms with Crippen LogP contribution in [0.15, 0.2) is 47.3 Å². The van der Waals surface area contributed by atoms with Crippen molar-refractivity contribution in [2.75, 3.05) is 19.7 Å². The van der Waals surface area contributed by atoms with E-state index in [-0.39, 0.29) is 24.0 Å². The summed E-state index contributed by atoms with van der Waals surface area (Å²) in [5, 5.41) is 6.03. The van der Waals surface area contributed by atoms with Crippen LogP contribution in [0.25, 0.3) is 0 Å². The van der Waals surface area contributed by atoms with Gasteiger partial charge in [-0.15, -0.1) is 0 Å². The molecule has 0 saturated carbocycles. The number of pyridine rings is 1. The molecule has 0 radical (unpaired) electrons. The molecule has 3 atom stereocenters. The molecular weight excluding hydrogens is 519 g/mol. The van der Waals surface area contributed by atoms with Gasteiger partial charge in [-0.3, -0.25) is 9.59 Å². The van der Waals surface area contributed by atoms with Crippen molar-refractivity contribution in [3.63, 3.8) is 0 Å². The highest BCUT2D eigenvalue weighted by Gasteiger charge is 2.38. The molecule has 3 unspecified atom stereocenters. The molecule has 0 aliphatic carbocycles. The molecule has 182 valence electrons. The third-order valence-corrected chi connectivity index (χ3v) is 7.15. The number of amides is 1. The van der Waals surface area contributed by atoms with E-state index in [1.165, 1.54) is 0 Å². The minimum Gasteiger partial charge on any atom is -0.484 e. The van der Waals surface area contributed by atoms with Crippen molar-refractivity contribution >= 4 is 58.0 Å². The Kier molecular flexibility index (Phi) is 7.62. The first-order valence-electron chi connectivity index (χ1n) is 10.9. The van der Waals surface area contributed by atoms with Crippen LogP contribution in [0.4, 0.5) is 0 Å². The molecule has 1 fully saturated rings. The third-order valence-electron chi connectivity index (χ3n) is 6.12. The minimum absolute atomic E-state index is 0.0215. The summed E-state index contributed by atoms with van der Waals surface area (Å²) < 4.78 is 5.59. The molecule has 2 bridgehead atoms. The summed E-state index contributed by atoms with van der Waals surface area (Å²) in [6.45, 7) is 3.59. The van der Waals surface area contributed by atoms with Crippen molar-refractivity contribution in [1.82, 2.24) is 20.1 Å². The third kappa shape index (κ3) is 5.79. The molecular formula is C23H25Cl3N4O3S. The van der Waals surface area contributed by atoms with E-state index in [1.807, 2.05) is 40.7 Å². The summed E-state index contributed by atoms with van der Waals surface area (Å²) in [6, 6.07) is 12.7. The Morgan fingerprint density at radius 2 is 1.91 bits per heavy atom. The Labute approximate surface area is 218 Å². The maximum atomic E-state index is 12.5. The number of aromatic nitrogens is 1. The van der Waals surface area contributed by atoms with Gasteiger partial charge in [-0.1, -0.05) is 59.1 Å². The summed E-state index contributed by atoms with van der Waals surface area (Å²) in [4.78, 5) is 26.8. The molecule has 2 aliphatic rings. The number of fused-ring (bicyclic) bond motifs is 4. The first-order valence-corrected chi connectivity index (χ1v) is 12.5. The lowest BCUT2D eigenvalue weighted by atomic mass is 9.83. The standard InChI is InChI=1S/C23H25Cl3N4O3S/c1-14-5-2-3-7-18(14)33-13-19(31)27-21(23(24,25)26)28-22(34)29-10-15-9-16(12-29)17-6-4-8-20(32)30(17)11-15/h2-8,15-16,21H,9-13H2,1H3,(H,27,31)(H,28,34). The summed E-state index contributed by atoms with van der Waals surface area (Å²) in [5.41, 5.74) is 1.94. The van der Waals surface area contributed by atoms with E-state index in [4.69, 9.17) is 51.8 Å². The van der Waals surface area contributed by atoms with Crippen LogP contribution in [0, 0.1) is 12.8 Å². The number of nitrogens with one attached hydrogen (secondary N) is 2.